The van der Waals surface area contributed by atoms with Gasteiger partial charge in [0.1, 0.15) is 0 Å². The molecular formula is C78H59GeN4OPt-3. The van der Waals surface area contributed by atoms with E-state index in [1.807, 2.05) is 12.3 Å². The number of rotatable bonds is 10. The summed E-state index contributed by atoms with van der Waals surface area (Å²) in [5.74, 6) is 7.13. The molecule has 5 nitrogen and oxygen atoms in total. The van der Waals surface area contributed by atoms with E-state index in [1.165, 1.54) is 42.3 Å². The van der Waals surface area contributed by atoms with E-state index in [9.17, 15) is 0 Å². The number of nitrogens with zero attached hydrogens (tertiary/aromatic N) is 4. The molecule has 2 aliphatic heterocycles. The van der Waals surface area contributed by atoms with Crippen LogP contribution in [0.15, 0.2) is 261 Å². The topological polar surface area (TPSA) is 33.5 Å². The SMILES string of the molecule is CC(C)(C)c1ccnc(-n2c3[c-]c(Oc4[c-]c5[c](cc4)[Ge]([CH3])([CH3])[c]4cccc6c4N5[CH-]N6c4c(-c5cc(-c6ccccc6)cc(-c6ccccc6)c5)cccc4-c4cc(-c5ccccc5)cc(-c5ccccc5)c4)ccc3c3ccccc32)c1.[Pt]. The number of fused-ring (bicyclic) bond motifs is 5. The zero-order valence-corrected chi connectivity index (χ0v) is 52.3. The fourth-order valence-electron chi connectivity index (χ4n) is 12.8. The van der Waals surface area contributed by atoms with Gasteiger partial charge in [-0.2, -0.15) is 0 Å². The largest absolute Gasteiger partial charge is 0 e. The smallest absolute Gasteiger partial charge is 0 e. The average Bonchev–Trinajstić information content (AvgIpc) is 1.68. The molecule has 0 saturated carbocycles. The van der Waals surface area contributed by atoms with Crippen LogP contribution in [0, 0.1) is 18.8 Å². The van der Waals surface area contributed by atoms with Crippen molar-refractivity contribution in [2.24, 2.45) is 0 Å². The van der Waals surface area contributed by atoms with Crippen molar-refractivity contribution < 1.29 is 25.8 Å². The molecule has 0 radical (unpaired) electrons. The van der Waals surface area contributed by atoms with Crippen molar-refractivity contribution >= 4 is 66.6 Å². The normalized spacial score (nSPS) is 13.1. The van der Waals surface area contributed by atoms with E-state index in [4.69, 9.17) is 9.72 Å². The number of para-hydroxylation sites is 3. The molecule has 0 fully saturated rings. The third-order valence-corrected chi connectivity index (χ3v) is 24.4. The average molecular weight is 1340 g/mol. The van der Waals surface area contributed by atoms with Crippen LogP contribution in [0.1, 0.15) is 26.3 Å². The Morgan fingerprint density at radius 1 is 0.435 bits per heavy atom. The van der Waals surface area contributed by atoms with Crippen LogP contribution in [0.5, 0.6) is 11.5 Å². The maximum absolute atomic E-state index is 6.96. The molecule has 0 spiro atoms. The zero-order valence-electron chi connectivity index (χ0n) is 47.9. The van der Waals surface area contributed by atoms with Crippen molar-refractivity contribution in [2.75, 3.05) is 9.80 Å². The molecule has 414 valence electrons. The van der Waals surface area contributed by atoms with Crippen LogP contribution in [0.4, 0.5) is 22.7 Å². The first-order valence-electron chi connectivity index (χ1n) is 28.9. The Morgan fingerprint density at radius 2 is 0.941 bits per heavy atom. The Balaban J connectivity index is 0.00000640. The first-order valence-corrected chi connectivity index (χ1v) is 35.2. The van der Waals surface area contributed by atoms with Gasteiger partial charge in [-0.1, -0.05) is 45.0 Å². The second kappa shape index (κ2) is 21.6. The van der Waals surface area contributed by atoms with Gasteiger partial charge in [-0.3, -0.25) is 0 Å². The fraction of sp³-hybridized carbons (Fsp3) is 0.0769. The van der Waals surface area contributed by atoms with E-state index in [2.05, 4.69) is 314 Å². The van der Waals surface area contributed by atoms with E-state index in [1.54, 1.807) is 0 Å². The molecule has 2 aliphatic rings. The molecule has 15 rings (SSSR count). The van der Waals surface area contributed by atoms with Gasteiger partial charge in [-0.15, -0.1) is 0 Å². The molecule has 85 heavy (non-hydrogen) atoms. The molecule has 0 atom stereocenters. The minimum absolute atomic E-state index is 0. The number of hydrogen-bond donors (Lipinski definition) is 0. The summed E-state index contributed by atoms with van der Waals surface area (Å²) in [7, 11) is 0. The van der Waals surface area contributed by atoms with Gasteiger partial charge in [0.15, 0.2) is 0 Å². The minimum atomic E-state index is -3.05. The van der Waals surface area contributed by atoms with Gasteiger partial charge in [0.05, 0.1) is 0 Å². The van der Waals surface area contributed by atoms with Crippen molar-refractivity contribution in [3.05, 3.63) is 285 Å². The minimum Gasteiger partial charge on any atom is 0 e. The van der Waals surface area contributed by atoms with Crippen molar-refractivity contribution in [1.82, 2.24) is 9.55 Å². The Hall–Kier alpha value is -9.00. The summed E-state index contributed by atoms with van der Waals surface area (Å²) in [5.41, 5.74) is 21.4. The summed E-state index contributed by atoms with van der Waals surface area (Å²) >= 11 is -3.05. The van der Waals surface area contributed by atoms with Crippen LogP contribution in [0.3, 0.4) is 0 Å². The monoisotopic (exact) mass is 1340 g/mol. The summed E-state index contributed by atoms with van der Waals surface area (Å²) < 4.78 is 11.9. The van der Waals surface area contributed by atoms with Crippen molar-refractivity contribution in [3.8, 4) is 84.1 Å². The second-order valence-corrected chi connectivity index (χ2v) is 32.8. The molecule has 2 aromatic heterocycles. The molecule has 0 unspecified atom stereocenters. The van der Waals surface area contributed by atoms with Crippen LogP contribution in [0.25, 0.3) is 94.4 Å². The van der Waals surface area contributed by atoms with Gasteiger partial charge >= 0.3 is 441 Å². The predicted molar refractivity (Wildman–Crippen MR) is 352 cm³/mol. The quantitative estimate of drug-likeness (QED) is 0.101. The number of ether oxygens (including phenoxy) is 1. The second-order valence-electron chi connectivity index (χ2n) is 23.7. The molecule has 0 aliphatic carbocycles. The van der Waals surface area contributed by atoms with E-state index in [0.717, 1.165) is 89.2 Å². The Kier molecular flexibility index (Phi) is 13.7. The Morgan fingerprint density at radius 3 is 1.51 bits per heavy atom. The molecule has 13 aromatic rings. The molecule has 7 heteroatoms. The van der Waals surface area contributed by atoms with Gasteiger partial charge in [-0.25, -0.2) is 0 Å². The van der Waals surface area contributed by atoms with E-state index in [0.29, 0.717) is 11.5 Å². The van der Waals surface area contributed by atoms with Crippen LogP contribution in [-0.2, 0) is 26.5 Å². The molecule has 4 heterocycles. The summed E-state index contributed by atoms with van der Waals surface area (Å²) in [5, 5.41) is 2.23. The molecule has 11 aromatic carbocycles. The molecule has 0 amide bonds. The van der Waals surface area contributed by atoms with Crippen LogP contribution in [-0.4, -0.2) is 22.8 Å². The molecule has 0 N–H and O–H groups in total. The molecular weight excluding hydrogens is 1280 g/mol. The summed E-state index contributed by atoms with van der Waals surface area (Å²) in [4.78, 5) is 9.80. The first-order chi connectivity index (χ1) is 41.0. The Bertz CT molecular complexity index is 4430. The number of pyridine rings is 1. The van der Waals surface area contributed by atoms with Crippen LogP contribution >= 0.6 is 0 Å². The molecule has 0 bridgehead atoms. The van der Waals surface area contributed by atoms with E-state index in [-0.39, 0.29) is 26.5 Å². The van der Waals surface area contributed by atoms with Gasteiger partial charge in [0.2, 0.25) is 0 Å². The first kappa shape index (κ1) is 54.0. The number of hydrogen-bond acceptors (Lipinski definition) is 4. The third kappa shape index (κ3) is 9.60. The predicted octanol–water partition coefficient (Wildman–Crippen LogP) is 19.4. The standard InChI is InChI=1S/C78H59GeN4O.Pt/c1-78(2,3)62-40-41-80-75(48-62)83-71-34-19-18-30-67(71)68-38-36-63(49-73(68)83)84-64-37-39-69-74(50-64)82-51-81(72-35-21-33-70(77(72)82)79(69,4)5)76-65(60-44-56(52-22-10-6-11-23-52)42-57(45-60)53-24-12-7-13-25-53)31-20-32-66(76)61-46-58(54-26-14-8-15-27-54)43-59(47-61)55-28-16-9-17-29-55;/h6-48,51H,1-5H3;/q-3;. The van der Waals surface area contributed by atoms with Gasteiger partial charge in [-0.05, 0) is 11.5 Å². The maximum atomic E-state index is 6.96. The van der Waals surface area contributed by atoms with Crippen molar-refractivity contribution in [2.45, 2.75) is 37.7 Å². The Labute approximate surface area is 515 Å². The maximum Gasteiger partial charge on any atom is 0 e. The number of aromatic nitrogens is 2. The number of benzene rings is 11. The summed E-state index contributed by atoms with van der Waals surface area (Å²) in [6.07, 6.45) is 1.92. The van der Waals surface area contributed by atoms with Crippen molar-refractivity contribution in [1.29, 1.82) is 0 Å². The van der Waals surface area contributed by atoms with Gasteiger partial charge < -0.3 is 0 Å². The number of anilines is 4. The fourth-order valence-corrected chi connectivity index (χ4v) is 18.9. The zero-order chi connectivity index (χ0) is 56.7. The summed E-state index contributed by atoms with van der Waals surface area (Å²) in [6.45, 7) is 9.04. The van der Waals surface area contributed by atoms with Crippen molar-refractivity contribution in [3.63, 3.8) is 0 Å². The van der Waals surface area contributed by atoms with Crippen LogP contribution < -0.4 is 23.3 Å². The molecule has 0 saturated heterocycles. The van der Waals surface area contributed by atoms with E-state index < -0.39 is 13.3 Å². The van der Waals surface area contributed by atoms with E-state index >= 15 is 0 Å². The summed E-state index contributed by atoms with van der Waals surface area (Å²) in [6, 6.07) is 100. The van der Waals surface area contributed by atoms with Gasteiger partial charge in [0, 0.05) is 21.1 Å². The third-order valence-electron chi connectivity index (χ3n) is 17.0. The van der Waals surface area contributed by atoms with Crippen LogP contribution in [0.2, 0.25) is 11.5 Å². The van der Waals surface area contributed by atoms with Gasteiger partial charge in [0.25, 0.3) is 0 Å².